The average molecular weight is 326 g/mol. The van der Waals surface area contributed by atoms with Crippen LogP contribution in [0.4, 0.5) is 0 Å². The number of rotatable bonds is 5. The molecule has 1 aliphatic carbocycles. The summed E-state index contributed by atoms with van der Waals surface area (Å²) in [7, 11) is 0. The number of hydrogen-bond acceptors (Lipinski definition) is 3. The molecule has 2 heterocycles. The van der Waals surface area contributed by atoms with Crippen LogP contribution in [0, 0.1) is 0 Å². The molecule has 0 amide bonds. The fourth-order valence-corrected chi connectivity index (χ4v) is 3.09. The Morgan fingerprint density at radius 3 is 2.76 bits per heavy atom. The van der Waals surface area contributed by atoms with Crippen molar-refractivity contribution in [1.82, 2.24) is 9.97 Å². The van der Waals surface area contributed by atoms with Crippen LogP contribution >= 0.6 is 0 Å². The Balaban J connectivity index is 1.51. The van der Waals surface area contributed by atoms with E-state index in [1.807, 2.05) is 54.7 Å². The van der Waals surface area contributed by atoms with Gasteiger partial charge in [0.25, 0.3) is 0 Å². The van der Waals surface area contributed by atoms with Gasteiger partial charge in [-0.3, -0.25) is 14.8 Å². The van der Waals surface area contributed by atoms with Crippen molar-refractivity contribution in [1.29, 1.82) is 0 Å². The van der Waals surface area contributed by atoms with E-state index in [0.29, 0.717) is 12.8 Å². The minimum Gasteiger partial charge on any atom is -0.299 e. The summed E-state index contributed by atoms with van der Waals surface area (Å²) >= 11 is 0. The van der Waals surface area contributed by atoms with Crippen molar-refractivity contribution in [3.05, 3.63) is 89.4 Å². The van der Waals surface area contributed by atoms with E-state index < -0.39 is 0 Å². The highest BCUT2D eigenvalue weighted by Crippen LogP contribution is 2.24. The van der Waals surface area contributed by atoms with Gasteiger partial charge >= 0.3 is 0 Å². The van der Waals surface area contributed by atoms with Gasteiger partial charge in [0.1, 0.15) is 5.78 Å². The summed E-state index contributed by atoms with van der Waals surface area (Å²) in [6.45, 7) is 0. The SMILES string of the molecule is O=C(Cc1ccccc1)Cc1cccc(-c2cnc3c(c2)C=CC3)n1. The van der Waals surface area contributed by atoms with E-state index in [9.17, 15) is 4.79 Å². The Kier molecular flexibility index (Phi) is 4.21. The predicted molar refractivity (Wildman–Crippen MR) is 99.1 cm³/mol. The number of Topliss-reactive ketones (excluding diaryl/α,β-unsaturated/α-hetero) is 1. The highest BCUT2D eigenvalue weighted by Gasteiger charge is 2.11. The number of aromatic nitrogens is 2. The van der Waals surface area contributed by atoms with E-state index in [-0.39, 0.29) is 5.78 Å². The second kappa shape index (κ2) is 6.81. The first-order valence-corrected chi connectivity index (χ1v) is 8.45. The maximum atomic E-state index is 12.3. The van der Waals surface area contributed by atoms with Crippen molar-refractivity contribution in [2.45, 2.75) is 19.3 Å². The van der Waals surface area contributed by atoms with Crippen LogP contribution in [0.1, 0.15) is 22.5 Å². The molecule has 0 bridgehead atoms. The monoisotopic (exact) mass is 326 g/mol. The normalized spacial score (nSPS) is 12.2. The Morgan fingerprint density at radius 2 is 1.88 bits per heavy atom. The van der Waals surface area contributed by atoms with Gasteiger partial charge in [-0.2, -0.15) is 0 Å². The number of carbonyl (C=O) groups excluding carboxylic acids is 1. The molecule has 3 nitrogen and oxygen atoms in total. The van der Waals surface area contributed by atoms with Crippen molar-refractivity contribution < 1.29 is 4.79 Å². The largest absolute Gasteiger partial charge is 0.299 e. The number of ketones is 1. The molecule has 4 rings (SSSR count). The summed E-state index contributed by atoms with van der Waals surface area (Å²) in [6, 6.07) is 17.8. The van der Waals surface area contributed by atoms with Crippen molar-refractivity contribution in [2.24, 2.45) is 0 Å². The van der Waals surface area contributed by atoms with Gasteiger partial charge < -0.3 is 0 Å². The molecule has 1 aliphatic rings. The second-order valence-electron chi connectivity index (χ2n) is 6.26. The van der Waals surface area contributed by atoms with E-state index in [1.54, 1.807) is 0 Å². The molecular formula is C22H18N2O. The van der Waals surface area contributed by atoms with Gasteiger partial charge in [0.15, 0.2) is 0 Å². The van der Waals surface area contributed by atoms with Gasteiger partial charge in [-0.15, -0.1) is 0 Å². The van der Waals surface area contributed by atoms with E-state index >= 15 is 0 Å². The Labute approximate surface area is 147 Å². The highest BCUT2D eigenvalue weighted by atomic mass is 16.1. The number of hydrogen-bond donors (Lipinski definition) is 0. The zero-order valence-electron chi connectivity index (χ0n) is 13.9. The quantitative estimate of drug-likeness (QED) is 0.710. The molecule has 2 aromatic heterocycles. The Bertz CT molecular complexity index is 945. The number of carbonyl (C=O) groups is 1. The molecule has 122 valence electrons. The van der Waals surface area contributed by atoms with Crippen molar-refractivity contribution >= 4 is 11.9 Å². The first-order chi connectivity index (χ1) is 12.3. The van der Waals surface area contributed by atoms with Gasteiger partial charge in [-0.25, -0.2) is 0 Å². The minimum absolute atomic E-state index is 0.172. The maximum Gasteiger partial charge on any atom is 0.143 e. The van der Waals surface area contributed by atoms with Gasteiger partial charge in [-0.1, -0.05) is 48.6 Å². The van der Waals surface area contributed by atoms with Crippen LogP contribution in [0.25, 0.3) is 17.3 Å². The molecule has 3 aromatic rings. The molecule has 0 atom stereocenters. The van der Waals surface area contributed by atoms with Gasteiger partial charge in [0.05, 0.1) is 11.4 Å². The first kappa shape index (κ1) is 15.5. The third-order valence-electron chi connectivity index (χ3n) is 4.34. The number of fused-ring (bicyclic) bond motifs is 1. The standard InChI is InChI=1S/C22H18N2O/c25-20(12-16-6-2-1-3-7-16)14-19-9-5-11-22(24-19)18-13-17-8-4-10-21(17)23-15-18/h1-9,11,13,15H,10,12,14H2. The second-order valence-corrected chi connectivity index (χ2v) is 6.26. The molecule has 0 saturated carbocycles. The van der Waals surface area contributed by atoms with Crippen LogP contribution in [0.2, 0.25) is 0 Å². The van der Waals surface area contributed by atoms with Crippen LogP contribution in [-0.4, -0.2) is 15.8 Å². The summed E-state index contributed by atoms with van der Waals surface area (Å²) in [5, 5.41) is 0. The average Bonchev–Trinajstić information content (AvgIpc) is 3.10. The highest BCUT2D eigenvalue weighted by molar-refractivity contribution is 5.82. The lowest BCUT2D eigenvalue weighted by Crippen LogP contribution is -2.08. The third-order valence-corrected chi connectivity index (χ3v) is 4.34. The Morgan fingerprint density at radius 1 is 1.00 bits per heavy atom. The summed E-state index contributed by atoms with van der Waals surface area (Å²) < 4.78 is 0. The zero-order chi connectivity index (χ0) is 17.1. The van der Waals surface area contributed by atoms with E-state index in [2.05, 4.69) is 28.2 Å². The number of allylic oxidation sites excluding steroid dienone is 1. The van der Waals surface area contributed by atoms with Crippen molar-refractivity contribution in [2.75, 3.05) is 0 Å². The van der Waals surface area contributed by atoms with Crippen LogP contribution in [0.15, 0.2) is 66.9 Å². The molecule has 0 unspecified atom stereocenters. The molecule has 25 heavy (non-hydrogen) atoms. The fourth-order valence-electron chi connectivity index (χ4n) is 3.09. The van der Waals surface area contributed by atoms with E-state index in [0.717, 1.165) is 40.2 Å². The zero-order valence-corrected chi connectivity index (χ0v) is 13.9. The van der Waals surface area contributed by atoms with Crippen LogP contribution < -0.4 is 0 Å². The molecular weight excluding hydrogens is 308 g/mol. The Hall–Kier alpha value is -3.07. The van der Waals surface area contributed by atoms with E-state index in [4.69, 9.17) is 0 Å². The molecule has 1 aromatic carbocycles. The number of benzene rings is 1. The maximum absolute atomic E-state index is 12.3. The lowest BCUT2D eigenvalue weighted by molar-refractivity contribution is -0.117. The summed E-state index contributed by atoms with van der Waals surface area (Å²) in [5.41, 5.74) is 5.96. The minimum atomic E-state index is 0.172. The van der Waals surface area contributed by atoms with Gasteiger partial charge in [0.2, 0.25) is 0 Å². The van der Waals surface area contributed by atoms with Crippen LogP contribution in [0.3, 0.4) is 0 Å². The van der Waals surface area contributed by atoms with Crippen LogP contribution in [0.5, 0.6) is 0 Å². The molecule has 0 spiro atoms. The van der Waals surface area contributed by atoms with E-state index in [1.165, 1.54) is 0 Å². The van der Waals surface area contributed by atoms with Crippen molar-refractivity contribution in [3.63, 3.8) is 0 Å². The molecule has 0 saturated heterocycles. The van der Waals surface area contributed by atoms with Crippen molar-refractivity contribution in [3.8, 4) is 11.3 Å². The fraction of sp³-hybridized carbons (Fsp3) is 0.136. The first-order valence-electron chi connectivity index (χ1n) is 8.45. The third kappa shape index (κ3) is 3.56. The molecule has 0 N–H and O–H groups in total. The van der Waals surface area contributed by atoms with Crippen LogP contribution in [-0.2, 0) is 24.1 Å². The lowest BCUT2D eigenvalue weighted by atomic mass is 10.0. The van der Waals surface area contributed by atoms with Gasteiger partial charge in [0, 0.05) is 36.7 Å². The molecule has 0 radical (unpaired) electrons. The summed E-state index contributed by atoms with van der Waals surface area (Å²) in [4.78, 5) is 21.5. The topological polar surface area (TPSA) is 42.9 Å². The molecule has 0 fully saturated rings. The molecule has 0 aliphatic heterocycles. The smallest absolute Gasteiger partial charge is 0.143 e. The number of nitrogens with zero attached hydrogens (tertiary/aromatic N) is 2. The summed E-state index contributed by atoms with van der Waals surface area (Å²) in [6.07, 6.45) is 7.77. The lowest BCUT2D eigenvalue weighted by Gasteiger charge is -2.06. The molecule has 3 heteroatoms. The number of pyridine rings is 2. The predicted octanol–water partition coefficient (Wildman–Crippen LogP) is 4.07. The van der Waals surface area contributed by atoms with Gasteiger partial charge in [-0.05, 0) is 29.3 Å². The summed E-state index contributed by atoms with van der Waals surface area (Å²) in [5.74, 6) is 0.172.